The second kappa shape index (κ2) is 9.48. The van der Waals surface area contributed by atoms with Gasteiger partial charge < -0.3 is 10.2 Å². The Morgan fingerprint density at radius 1 is 1.27 bits per heavy atom. The number of rotatable bonds is 7. The molecule has 5 heteroatoms. The van der Waals surface area contributed by atoms with E-state index in [0.717, 1.165) is 25.1 Å². The third kappa shape index (κ3) is 6.23. The average molecular weight is 339 g/mol. The van der Waals surface area contributed by atoms with E-state index in [0.29, 0.717) is 11.0 Å². The summed E-state index contributed by atoms with van der Waals surface area (Å²) in [6.07, 6.45) is 3.91. The summed E-state index contributed by atoms with van der Waals surface area (Å²) in [7, 11) is 4.12. The van der Waals surface area contributed by atoms with E-state index in [1.165, 1.54) is 23.5 Å². The van der Waals surface area contributed by atoms with Gasteiger partial charge in [-0.05, 0) is 69.1 Å². The summed E-state index contributed by atoms with van der Waals surface area (Å²) in [4.78, 5) is 14.2. The number of carbonyl (C=O) groups is 1. The average Bonchev–Trinajstić information content (AvgIpc) is 2.52. The molecule has 0 unspecified atom stereocenters. The maximum Gasteiger partial charge on any atom is 0.224 e. The van der Waals surface area contributed by atoms with Crippen molar-refractivity contribution in [3.05, 3.63) is 29.8 Å². The van der Waals surface area contributed by atoms with Crippen LogP contribution in [0, 0.1) is 0 Å². The molecule has 1 fully saturated rings. The topological polar surface area (TPSA) is 32.3 Å². The number of hydrogen-bond acceptors (Lipinski definition) is 4. The first-order valence-electron chi connectivity index (χ1n) is 7.93. The van der Waals surface area contributed by atoms with Crippen LogP contribution < -0.4 is 5.32 Å². The van der Waals surface area contributed by atoms with Gasteiger partial charge in [-0.2, -0.15) is 0 Å². The first-order chi connectivity index (χ1) is 10.6. The van der Waals surface area contributed by atoms with Gasteiger partial charge in [0.25, 0.3) is 0 Å². The van der Waals surface area contributed by atoms with Crippen molar-refractivity contribution >= 4 is 35.1 Å². The lowest BCUT2D eigenvalue weighted by Gasteiger charge is -2.21. The predicted octanol–water partition coefficient (Wildman–Crippen LogP) is 4.23. The number of hydrogen-bond donors (Lipinski definition) is 1. The largest absolute Gasteiger partial charge is 0.326 e. The van der Waals surface area contributed by atoms with Gasteiger partial charge in [0.1, 0.15) is 0 Å². The number of nitrogens with one attached hydrogen (secondary N) is 1. The summed E-state index contributed by atoms with van der Waals surface area (Å²) in [6, 6.07) is 8.34. The van der Waals surface area contributed by atoms with E-state index in [9.17, 15) is 4.79 Å². The van der Waals surface area contributed by atoms with Crippen molar-refractivity contribution in [3.8, 4) is 0 Å². The Balaban J connectivity index is 1.80. The van der Waals surface area contributed by atoms with Crippen molar-refractivity contribution in [1.82, 2.24) is 4.90 Å². The molecular formula is C17H26N2OS2. The van der Waals surface area contributed by atoms with Gasteiger partial charge in [-0.1, -0.05) is 12.1 Å². The highest BCUT2D eigenvalue weighted by atomic mass is 32.2. The maximum atomic E-state index is 12.0. The lowest BCUT2D eigenvalue weighted by atomic mass is 10.2. The van der Waals surface area contributed by atoms with Crippen molar-refractivity contribution in [3.63, 3.8) is 0 Å². The summed E-state index contributed by atoms with van der Waals surface area (Å²) in [5, 5.41) is 3.04. The molecule has 22 heavy (non-hydrogen) atoms. The molecule has 1 amide bonds. The van der Waals surface area contributed by atoms with Crippen LogP contribution in [-0.4, -0.2) is 43.0 Å². The second-order valence-electron chi connectivity index (χ2n) is 5.86. The first-order valence-corrected chi connectivity index (χ1v) is 10.0. The van der Waals surface area contributed by atoms with Crippen LogP contribution in [-0.2, 0) is 4.79 Å². The number of thioether (sulfide) groups is 2. The molecule has 1 saturated heterocycles. The molecule has 1 N–H and O–H groups in total. The predicted molar refractivity (Wildman–Crippen MR) is 99.8 cm³/mol. The highest BCUT2D eigenvalue weighted by molar-refractivity contribution is 8.16. The fourth-order valence-corrected chi connectivity index (χ4v) is 5.25. The molecule has 1 aliphatic rings. The lowest BCUT2D eigenvalue weighted by Crippen LogP contribution is -2.15. The van der Waals surface area contributed by atoms with Crippen molar-refractivity contribution in [2.75, 3.05) is 37.5 Å². The van der Waals surface area contributed by atoms with Gasteiger partial charge in [-0.15, -0.1) is 23.5 Å². The fourth-order valence-electron chi connectivity index (χ4n) is 2.38. The Kier molecular flexibility index (Phi) is 7.63. The minimum absolute atomic E-state index is 0.125. The van der Waals surface area contributed by atoms with E-state index in [1.807, 2.05) is 35.7 Å². The van der Waals surface area contributed by atoms with Crippen LogP contribution in [0.25, 0.3) is 0 Å². The molecule has 0 saturated carbocycles. The lowest BCUT2D eigenvalue weighted by molar-refractivity contribution is -0.116. The van der Waals surface area contributed by atoms with Gasteiger partial charge >= 0.3 is 0 Å². The Morgan fingerprint density at radius 3 is 2.77 bits per heavy atom. The summed E-state index contributed by atoms with van der Waals surface area (Å²) in [5.41, 5.74) is 2.25. The van der Waals surface area contributed by atoms with Crippen LogP contribution >= 0.6 is 23.5 Å². The quantitative estimate of drug-likeness (QED) is 0.754. The van der Waals surface area contributed by atoms with E-state index < -0.39 is 0 Å². The van der Waals surface area contributed by atoms with Crippen molar-refractivity contribution in [2.45, 2.75) is 30.3 Å². The number of nitrogens with zero attached hydrogens (tertiary/aromatic N) is 1. The minimum Gasteiger partial charge on any atom is -0.326 e. The van der Waals surface area contributed by atoms with Crippen LogP contribution in [0.2, 0.25) is 0 Å². The zero-order chi connectivity index (χ0) is 15.8. The Hall–Kier alpha value is -0.650. The number of carbonyl (C=O) groups excluding carboxylic acids is 1. The number of benzene rings is 1. The molecule has 122 valence electrons. The first kappa shape index (κ1) is 17.7. The second-order valence-corrected chi connectivity index (χ2v) is 8.59. The molecule has 1 aromatic carbocycles. The Labute approximate surface area is 142 Å². The van der Waals surface area contributed by atoms with Gasteiger partial charge in [0.05, 0.1) is 4.58 Å². The molecule has 0 atom stereocenters. The molecule has 1 aliphatic heterocycles. The Bertz CT molecular complexity index is 473. The van der Waals surface area contributed by atoms with Gasteiger partial charge in [-0.3, -0.25) is 4.79 Å². The van der Waals surface area contributed by atoms with E-state index in [-0.39, 0.29) is 5.91 Å². The van der Waals surface area contributed by atoms with Crippen molar-refractivity contribution < 1.29 is 4.79 Å². The van der Waals surface area contributed by atoms with Crippen LogP contribution in [0.15, 0.2) is 24.3 Å². The van der Waals surface area contributed by atoms with Gasteiger partial charge in [-0.25, -0.2) is 0 Å². The van der Waals surface area contributed by atoms with E-state index in [2.05, 4.69) is 36.4 Å². The van der Waals surface area contributed by atoms with Crippen LogP contribution in [0.1, 0.15) is 35.8 Å². The third-order valence-corrected chi connectivity index (χ3v) is 6.54. The number of amides is 1. The number of anilines is 1. The molecule has 0 spiro atoms. The molecule has 3 nitrogen and oxygen atoms in total. The molecule has 2 rings (SSSR count). The Morgan fingerprint density at radius 2 is 2.05 bits per heavy atom. The molecular weight excluding hydrogens is 312 g/mol. The smallest absolute Gasteiger partial charge is 0.224 e. The number of unbranched alkanes of at least 4 members (excludes halogenated alkanes) is 1. The summed E-state index contributed by atoms with van der Waals surface area (Å²) < 4.78 is 0.519. The molecule has 0 bridgehead atoms. The van der Waals surface area contributed by atoms with E-state index in [4.69, 9.17) is 0 Å². The molecule has 0 radical (unpaired) electrons. The highest BCUT2D eigenvalue weighted by Gasteiger charge is 2.16. The van der Waals surface area contributed by atoms with Gasteiger partial charge in [0, 0.05) is 12.1 Å². The van der Waals surface area contributed by atoms with E-state index in [1.54, 1.807) is 0 Å². The van der Waals surface area contributed by atoms with Crippen molar-refractivity contribution in [1.29, 1.82) is 0 Å². The van der Waals surface area contributed by atoms with Crippen LogP contribution in [0.3, 0.4) is 0 Å². The van der Waals surface area contributed by atoms with Crippen LogP contribution in [0.5, 0.6) is 0 Å². The summed E-state index contributed by atoms with van der Waals surface area (Å²) in [5.74, 6) is 2.60. The van der Waals surface area contributed by atoms with Gasteiger partial charge in [0.2, 0.25) is 5.91 Å². The normalized spacial score (nSPS) is 16.0. The molecule has 1 aromatic rings. The SMILES string of the molecule is CN(C)CCCCC(=O)Nc1cccc(C2SCCCS2)c1. The minimum atomic E-state index is 0.125. The van der Waals surface area contributed by atoms with E-state index >= 15 is 0 Å². The highest BCUT2D eigenvalue weighted by Crippen LogP contribution is 2.43. The molecule has 1 heterocycles. The monoisotopic (exact) mass is 338 g/mol. The maximum absolute atomic E-state index is 12.0. The van der Waals surface area contributed by atoms with Gasteiger partial charge in [0.15, 0.2) is 0 Å². The van der Waals surface area contributed by atoms with Crippen LogP contribution in [0.4, 0.5) is 5.69 Å². The third-order valence-electron chi connectivity index (χ3n) is 3.53. The van der Waals surface area contributed by atoms with Crippen molar-refractivity contribution in [2.24, 2.45) is 0 Å². The zero-order valence-corrected chi connectivity index (χ0v) is 15.1. The molecule has 0 aromatic heterocycles. The standard InChI is InChI=1S/C17H26N2OS2/c1-19(2)10-4-3-9-16(20)18-15-8-5-7-14(13-15)17-21-11-6-12-22-17/h5,7-8,13,17H,3-4,6,9-12H2,1-2H3,(H,18,20). The zero-order valence-electron chi connectivity index (χ0n) is 13.5. The summed E-state index contributed by atoms with van der Waals surface area (Å²) >= 11 is 4.02. The summed E-state index contributed by atoms with van der Waals surface area (Å²) in [6.45, 7) is 1.04. The fraction of sp³-hybridized carbons (Fsp3) is 0.588. The molecule has 0 aliphatic carbocycles.